The Morgan fingerprint density at radius 2 is 1.71 bits per heavy atom. The number of hydrogen-bond donors (Lipinski definition) is 1. The van der Waals surface area contributed by atoms with Crippen LogP contribution in [0.4, 0.5) is 10.6 Å². The molecule has 0 unspecified atom stereocenters. The van der Waals surface area contributed by atoms with Crippen molar-refractivity contribution in [1.29, 1.82) is 0 Å². The number of para-hydroxylation sites is 1. The molecular weight excluding hydrogens is 358 g/mol. The number of anilines is 1. The second-order valence-electron chi connectivity index (χ2n) is 6.60. The number of hydrogen-bond acceptors (Lipinski definition) is 4. The van der Waals surface area contributed by atoms with Gasteiger partial charge in [-0.05, 0) is 45.0 Å². The molecule has 7 heteroatoms. The lowest BCUT2D eigenvalue weighted by Crippen LogP contribution is -2.37. The van der Waals surface area contributed by atoms with Crippen molar-refractivity contribution in [3.8, 4) is 11.4 Å². The van der Waals surface area contributed by atoms with Crippen LogP contribution in [0.1, 0.15) is 29.8 Å². The normalized spacial score (nSPS) is 10.7. The summed E-state index contributed by atoms with van der Waals surface area (Å²) in [7, 11) is 0. The number of amides is 1. The molecule has 1 amide bonds. The highest BCUT2D eigenvalue weighted by molar-refractivity contribution is 6.06. The molecule has 0 spiro atoms. The van der Waals surface area contributed by atoms with E-state index in [0.29, 0.717) is 5.56 Å². The third-order valence-electron chi connectivity index (χ3n) is 4.14. The molecule has 0 aliphatic rings. The Hall–Kier alpha value is -3.61. The molecule has 28 heavy (non-hydrogen) atoms. The minimum atomic E-state index is -1.47. The summed E-state index contributed by atoms with van der Waals surface area (Å²) < 4.78 is 6.41. The van der Waals surface area contributed by atoms with Crippen LogP contribution in [-0.2, 0) is 0 Å². The molecular formula is C21H21N3O4. The van der Waals surface area contributed by atoms with Crippen molar-refractivity contribution in [2.24, 2.45) is 0 Å². The van der Waals surface area contributed by atoms with E-state index in [1.807, 2.05) is 63.2 Å². The van der Waals surface area contributed by atoms with Crippen molar-refractivity contribution in [2.75, 3.05) is 4.90 Å². The quantitative estimate of drug-likeness (QED) is 0.669. The summed E-state index contributed by atoms with van der Waals surface area (Å²) in [6.45, 7) is 5.60. The van der Waals surface area contributed by atoms with Crippen LogP contribution in [0.2, 0.25) is 0 Å². The number of rotatable bonds is 5. The Kier molecular flexibility index (Phi) is 5.44. The third-order valence-corrected chi connectivity index (χ3v) is 4.14. The van der Waals surface area contributed by atoms with E-state index in [4.69, 9.17) is 9.84 Å². The monoisotopic (exact) mass is 379 g/mol. The van der Waals surface area contributed by atoms with E-state index in [2.05, 4.69) is 5.10 Å². The molecule has 0 radical (unpaired) electrons. The molecule has 1 aromatic heterocycles. The summed E-state index contributed by atoms with van der Waals surface area (Å²) >= 11 is 0. The fraction of sp³-hybridized carbons (Fsp3) is 0.190. The zero-order valence-electron chi connectivity index (χ0n) is 15.9. The van der Waals surface area contributed by atoms with Crippen LogP contribution in [0.25, 0.3) is 5.69 Å². The summed E-state index contributed by atoms with van der Waals surface area (Å²) in [5, 5.41) is 13.6. The lowest BCUT2D eigenvalue weighted by molar-refractivity contribution is 0.0977. The number of carbonyl (C=O) groups excluding carboxylic acids is 1. The van der Waals surface area contributed by atoms with Crippen molar-refractivity contribution in [1.82, 2.24) is 9.78 Å². The predicted octanol–water partition coefficient (Wildman–Crippen LogP) is 4.29. The molecule has 0 fully saturated rings. The van der Waals surface area contributed by atoms with Crippen LogP contribution in [-0.4, -0.2) is 33.0 Å². The zero-order valence-corrected chi connectivity index (χ0v) is 15.9. The third kappa shape index (κ3) is 4.03. The second kappa shape index (κ2) is 7.96. The Morgan fingerprint density at radius 1 is 1.07 bits per heavy atom. The average molecular weight is 379 g/mol. The van der Waals surface area contributed by atoms with Gasteiger partial charge in [0.25, 0.3) is 5.91 Å². The van der Waals surface area contributed by atoms with Gasteiger partial charge in [0.05, 0.1) is 11.9 Å². The van der Waals surface area contributed by atoms with Gasteiger partial charge in [0.15, 0.2) is 5.75 Å². The van der Waals surface area contributed by atoms with Gasteiger partial charge in [-0.2, -0.15) is 0 Å². The van der Waals surface area contributed by atoms with Crippen LogP contribution in [0.3, 0.4) is 0 Å². The number of carbonyl (C=O) groups is 2. The first-order chi connectivity index (χ1) is 13.4. The predicted molar refractivity (Wildman–Crippen MR) is 105 cm³/mol. The molecule has 0 saturated carbocycles. The lowest BCUT2D eigenvalue weighted by atomic mass is 10.1. The second-order valence-corrected chi connectivity index (χ2v) is 6.60. The van der Waals surface area contributed by atoms with Gasteiger partial charge in [0.2, 0.25) is 5.82 Å². The van der Waals surface area contributed by atoms with Gasteiger partial charge in [0, 0.05) is 11.6 Å². The van der Waals surface area contributed by atoms with Gasteiger partial charge in [-0.3, -0.25) is 9.69 Å². The molecule has 0 atom stereocenters. The maximum absolute atomic E-state index is 13.2. The van der Waals surface area contributed by atoms with Crippen molar-refractivity contribution in [3.05, 3.63) is 71.9 Å². The summed E-state index contributed by atoms with van der Waals surface area (Å²) in [6, 6.07) is 16.1. The molecule has 0 saturated heterocycles. The molecule has 3 rings (SSSR count). The summed E-state index contributed by atoms with van der Waals surface area (Å²) in [4.78, 5) is 25.8. The summed E-state index contributed by atoms with van der Waals surface area (Å²) in [5.41, 5.74) is 2.24. The van der Waals surface area contributed by atoms with E-state index in [0.717, 1.165) is 11.3 Å². The molecule has 3 aromatic rings. The largest absolute Gasteiger partial charge is 0.511 e. The number of nitrogens with zero attached hydrogens (tertiary/aromatic N) is 3. The van der Waals surface area contributed by atoms with Gasteiger partial charge in [0.1, 0.15) is 0 Å². The van der Waals surface area contributed by atoms with E-state index in [9.17, 15) is 9.59 Å². The topological polar surface area (TPSA) is 84.7 Å². The van der Waals surface area contributed by atoms with Gasteiger partial charge < -0.3 is 9.84 Å². The molecule has 1 heterocycles. The Bertz CT molecular complexity index is 979. The minimum absolute atomic E-state index is 0.00878. The first-order valence-electron chi connectivity index (χ1n) is 8.83. The van der Waals surface area contributed by atoms with Gasteiger partial charge in [-0.15, -0.1) is 5.10 Å². The van der Waals surface area contributed by atoms with Crippen molar-refractivity contribution in [2.45, 2.75) is 26.8 Å². The Labute approximate surface area is 162 Å². The van der Waals surface area contributed by atoms with Gasteiger partial charge in [-0.1, -0.05) is 35.9 Å². The van der Waals surface area contributed by atoms with Crippen molar-refractivity contribution >= 4 is 17.9 Å². The highest BCUT2D eigenvalue weighted by Gasteiger charge is 2.28. The lowest BCUT2D eigenvalue weighted by Gasteiger charge is -2.25. The number of carboxylic acid groups (broad SMARTS) is 1. The van der Waals surface area contributed by atoms with Crippen molar-refractivity contribution in [3.63, 3.8) is 0 Å². The molecule has 144 valence electrons. The molecule has 2 aromatic carbocycles. The van der Waals surface area contributed by atoms with E-state index in [1.54, 1.807) is 12.1 Å². The highest BCUT2D eigenvalue weighted by atomic mass is 16.7. The maximum Gasteiger partial charge on any atom is 0.511 e. The van der Waals surface area contributed by atoms with E-state index in [1.165, 1.54) is 15.8 Å². The van der Waals surface area contributed by atoms with Crippen LogP contribution in [0, 0.1) is 6.92 Å². The summed E-state index contributed by atoms with van der Waals surface area (Å²) in [5.74, 6) is -0.152. The first kappa shape index (κ1) is 19.2. The zero-order chi connectivity index (χ0) is 20.3. The maximum atomic E-state index is 13.2. The molecule has 1 N–H and O–H groups in total. The molecule has 0 aliphatic carbocycles. The number of ether oxygens (including phenoxy) is 1. The van der Waals surface area contributed by atoms with E-state index in [-0.39, 0.29) is 23.5 Å². The van der Waals surface area contributed by atoms with Gasteiger partial charge in [-0.25, -0.2) is 9.48 Å². The van der Waals surface area contributed by atoms with E-state index >= 15 is 0 Å². The first-order valence-corrected chi connectivity index (χ1v) is 8.83. The van der Waals surface area contributed by atoms with Crippen LogP contribution in [0.5, 0.6) is 5.75 Å². The number of aromatic nitrogens is 2. The van der Waals surface area contributed by atoms with Crippen LogP contribution < -0.4 is 9.64 Å². The average Bonchev–Trinajstić information content (AvgIpc) is 3.05. The fourth-order valence-electron chi connectivity index (χ4n) is 2.81. The SMILES string of the molecule is Cc1ccc(C(=O)N(c2nn(-c3ccccc3)cc2OC(=O)O)C(C)C)cc1. The summed E-state index contributed by atoms with van der Waals surface area (Å²) in [6.07, 6.45) is -0.0169. The highest BCUT2D eigenvalue weighted by Crippen LogP contribution is 2.31. The molecule has 0 aliphatic heterocycles. The van der Waals surface area contributed by atoms with Crippen molar-refractivity contribution < 1.29 is 19.4 Å². The number of aryl methyl sites for hydroxylation is 1. The molecule has 0 bridgehead atoms. The smallest absolute Gasteiger partial charge is 0.449 e. The molecule has 7 nitrogen and oxygen atoms in total. The fourth-order valence-corrected chi connectivity index (χ4v) is 2.81. The number of benzene rings is 2. The minimum Gasteiger partial charge on any atom is -0.449 e. The Balaban J connectivity index is 2.08. The van der Waals surface area contributed by atoms with Gasteiger partial charge >= 0.3 is 6.16 Å². The standard InChI is InChI=1S/C21H21N3O4/c1-14(2)24(20(25)16-11-9-15(3)10-12-16)19-18(28-21(26)27)13-23(22-19)17-7-5-4-6-8-17/h4-14H,1-3H3,(H,26,27). The van der Waals surface area contributed by atoms with Crippen LogP contribution >= 0.6 is 0 Å². The van der Waals surface area contributed by atoms with Crippen LogP contribution in [0.15, 0.2) is 60.8 Å². The Morgan fingerprint density at radius 3 is 2.29 bits per heavy atom. The van der Waals surface area contributed by atoms with E-state index < -0.39 is 6.16 Å².